The average Bonchev–Trinajstić information content (AvgIpc) is 1.53. The molecular formula is C84H48N6. The number of para-hydroxylation sites is 4. The van der Waals surface area contributed by atoms with Crippen LogP contribution in [0.25, 0.3) is 199 Å². The summed E-state index contributed by atoms with van der Waals surface area (Å²) in [6.07, 6.45) is 2.10. The van der Waals surface area contributed by atoms with Gasteiger partial charge in [-0.3, -0.25) is 9.13 Å². The molecule has 6 aromatic heterocycles. The van der Waals surface area contributed by atoms with Crippen molar-refractivity contribution in [2.24, 2.45) is 0 Å². The van der Waals surface area contributed by atoms with Gasteiger partial charge in [-0.1, -0.05) is 194 Å². The highest BCUT2D eigenvalue weighted by Crippen LogP contribution is 2.57. The van der Waals surface area contributed by atoms with Crippen LogP contribution >= 0.6 is 0 Å². The quantitative estimate of drug-likeness (QED) is 0.167. The monoisotopic (exact) mass is 1140 g/mol. The van der Waals surface area contributed by atoms with Crippen LogP contribution in [0.5, 0.6) is 0 Å². The maximum absolute atomic E-state index is 5.57. The van der Waals surface area contributed by atoms with E-state index in [1.807, 2.05) is 0 Å². The third kappa shape index (κ3) is 6.30. The maximum atomic E-state index is 5.57. The molecule has 0 unspecified atom stereocenters. The predicted molar refractivity (Wildman–Crippen MR) is 374 cm³/mol. The third-order valence-corrected chi connectivity index (χ3v) is 19.8. The van der Waals surface area contributed by atoms with Crippen molar-refractivity contribution in [1.82, 2.24) is 28.2 Å². The van der Waals surface area contributed by atoms with E-state index in [9.17, 15) is 0 Å². The molecule has 0 atom stereocenters. The molecule has 414 valence electrons. The zero-order valence-corrected chi connectivity index (χ0v) is 48.4. The Morgan fingerprint density at radius 1 is 0.233 bits per heavy atom. The van der Waals surface area contributed by atoms with Crippen molar-refractivity contribution in [1.29, 1.82) is 0 Å². The molecule has 6 heterocycles. The Kier molecular flexibility index (Phi) is 9.48. The van der Waals surface area contributed by atoms with Gasteiger partial charge in [-0.15, -0.1) is 0 Å². The molecule has 90 heavy (non-hydrogen) atoms. The Balaban J connectivity index is 0.815. The Hall–Kier alpha value is -12.1. The summed E-state index contributed by atoms with van der Waals surface area (Å²) in [5.41, 5.74) is 25.4. The Morgan fingerprint density at radius 2 is 0.722 bits per heavy atom. The van der Waals surface area contributed by atoms with E-state index >= 15 is 0 Å². The van der Waals surface area contributed by atoms with E-state index in [1.54, 1.807) is 0 Å². The van der Waals surface area contributed by atoms with E-state index in [2.05, 4.69) is 310 Å². The summed E-state index contributed by atoms with van der Waals surface area (Å²) in [5.74, 6) is 1.75. The summed E-state index contributed by atoms with van der Waals surface area (Å²) in [7, 11) is 0. The number of rotatable bonds is 6. The summed E-state index contributed by atoms with van der Waals surface area (Å²) in [6, 6.07) is 105. The number of aromatic nitrogens is 6. The zero-order valence-electron chi connectivity index (χ0n) is 48.4. The zero-order chi connectivity index (χ0) is 58.4. The third-order valence-electron chi connectivity index (χ3n) is 19.8. The van der Waals surface area contributed by atoms with Gasteiger partial charge in [0.1, 0.15) is 11.6 Å². The predicted octanol–water partition coefficient (Wildman–Crippen LogP) is 21.8. The standard InChI is InChI=1S/C84H48N6/c1-4-19-49(20-5-1)64-33-18-36-74(86-64)90-68-43-39-51-22-17-32-59-63-45-52(37-41-60(63)80-78-62-30-13-15-35-66(62)88(55-25-8-3-9-26-55)70(78)47-72(90)84(80)82(68)76(51)59)53-40-44-73(85-48-53)89-67-42-38-50-21-16-31-57-56-27-10-11-28-58(56)79-77-61-29-12-14-34-65(61)87(54-23-6-2-7-24-54)69(77)46-71(89)83(79)81(67)75(50)57/h1-48H. The van der Waals surface area contributed by atoms with Crippen LogP contribution < -0.4 is 0 Å². The van der Waals surface area contributed by atoms with Crippen molar-refractivity contribution in [3.8, 4) is 89.9 Å². The molecule has 0 saturated heterocycles. The molecule has 21 rings (SSSR count). The molecule has 0 saturated carbocycles. The molecule has 2 aliphatic carbocycles. The van der Waals surface area contributed by atoms with Gasteiger partial charge in [0.15, 0.2) is 0 Å². The van der Waals surface area contributed by atoms with Crippen LogP contribution in [0.15, 0.2) is 291 Å². The minimum Gasteiger partial charge on any atom is -0.309 e. The first kappa shape index (κ1) is 48.0. The Labute approximate surface area is 515 Å². The van der Waals surface area contributed by atoms with Crippen LogP contribution in [0.1, 0.15) is 0 Å². The summed E-state index contributed by atoms with van der Waals surface area (Å²) in [4.78, 5) is 11.1. The van der Waals surface area contributed by atoms with Crippen molar-refractivity contribution < 1.29 is 0 Å². The molecule has 2 aliphatic rings. The van der Waals surface area contributed by atoms with Gasteiger partial charge in [-0.2, -0.15) is 0 Å². The van der Waals surface area contributed by atoms with Gasteiger partial charge in [-0.05, 0) is 151 Å². The largest absolute Gasteiger partial charge is 0.309 e. The van der Waals surface area contributed by atoms with Gasteiger partial charge in [0.25, 0.3) is 0 Å². The first-order valence-corrected chi connectivity index (χ1v) is 31.0. The summed E-state index contributed by atoms with van der Waals surface area (Å²) >= 11 is 0. The maximum Gasteiger partial charge on any atom is 0.138 e. The lowest BCUT2D eigenvalue weighted by Crippen LogP contribution is -2.00. The van der Waals surface area contributed by atoms with Crippen molar-refractivity contribution >= 4 is 109 Å². The molecule has 6 nitrogen and oxygen atoms in total. The lowest BCUT2D eigenvalue weighted by molar-refractivity contribution is 1.08. The molecule has 0 amide bonds. The smallest absolute Gasteiger partial charge is 0.138 e. The minimum absolute atomic E-state index is 0.868. The fourth-order valence-electron chi connectivity index (χ4n) is 16.3. The van der Waals surface area contributed by atoms with Gasteiger partial charge >= 0.3 is 0 Å². The van der Waals surface area contributed by atoms with E-state index in [0.29, 0.717) is 0 Å². The summed E-state index contributed by atoms with van der Waals surface area (Å²) in [6.45, 7) is 0. The number of benzene rings is 13. The van der Waals surface area contributed by atoms with Crippen LogP contribution in [0.4, 0.5) is 0 Å². The topological polar surface area (TPSA) is 45.5 Å². The Morgan fingerprint density at radius 3 is 1.32 bits per heavy atom. The molecule has 6 heteroatoms. The van der Waals surface area contributed by atoms with Gasteiger partial charge < -0.3 is 9.13 Å². The Bertz CT molecular complexity index is 6360. The van der Waals surface area contributed by atoms with Crippen molar-refractivity contribution in [3.05, 3.63) is 291 Å². The van der Waals surface area contributed by atoms with Crippen LogP contribution in [0.3, 0.4) is 0 Å². The normalized spacial score (nSPS) is 12.4. The van der Waals surface area contributed by atoms with E-state index < -0.39 is 0 Å². The van der Waals surface area contributed by atoms with Crippen molar-refractivity contribution in [3.63, 3.8) is 0 Å². The van der Waals surface area contributed by atoms with Crippen molar-refractivity contribution in [2.45, 2.75) is 0 Å². The second-order valence-electron chi connectivity index (χ2n) is 24.3. The molecule has 13 aromatic carbocycles. The molecule has 19 aromatic rings. The summed E-state index contributed by atoms with van der Waals surface area (Å²) < 4.78 is 9.77. The fraction of sp³-hybridized carbons (Fsp3) is 0. The van der Waals surface area contributed by atoms with Crippen molar-refractivity contribution in [2.75, 3.05) is 0 Å². The SMILES string of the molecule is c1ccc(-c2cccc(-n3c4cc5c(c6c4c4c7c(cccc7ccc43)-c3cc(-c4ccc(-n7c8cc9c(c%10c8c8c%11c(cccc%11ccc87)-c7ccccc7-%10)c7ccccc7n9-c7ccccc7)nc4)ccc3-6)c3ccccc3n5-c3ccccc3)n2)cc1. The minimum atomic E-state index is 0.868. The van der Waals surface area contributed by atoms with E-state index in [1.165, 1.54) is 115 Å². The van der Waals surface area contributed by atoms with E-state index in [0.717, 1.165) is 84.0 Å². The number of hydrogen-bond donors (Lipinski definition) is 0. The van der Waals surface area contributed by atoms with E-state index in [-0.39, 0.29) is 0 Å². The highest BCUT2D eigenvalue weighted by Gasteiger charge is 2.32. The fourth-order valence-corrected chi connectivity index (χ4v) is 16.3. The van der Waals surface area contributed by atoms with Crippen LogP contribution in [0, 0.1) is 0 Å². The lowest BCUT2D eigenvalue weighted by Gasteiger charge is -2.17. The number of fused-ring (bicyclic) bond motifs is 14. The average molecular weight is 1140 g/mol. The highest BCUT2D eigenvalue weighted by molar-refractivity contribution is 6.38. The molecular weight excluding hydrogens is 1090 g/mol. The van der Waals surface area contributed by atoms with Crippen LogP contribution in [0.2, 0.25) is 0 Å². The van der Waals surface area contributed by atoms with E-state index in [4.69, 9.17) is 9.97 Å². The second-order valence-corrected chi connectivity index (χ2v) is 24.3. The lowest BCUT2D eigenvalue weighted by atomic mass is 9.89. The number of hydrogen-bond acceptors (Lipinski definition) is 2. The first-order valence-electron chi connectivity index (χ1n) is 31.0. The first-order chi connectivity index (χ1) is 44.7. The van der Waals surface area contributed by atoms with Gasteiger partial charge in [0.05, 0.1) is 49.8 Å². The number of nitrogens with zero attached hydrogens (tertiary/aromatic N) is 6. The van der Waals surface area contributed by atoms with Crippen LogP contribution in [-0.4, -0.2) is 28.2 Å². The summed E-state index contributed by atoms with van der Waals surface area (Å²) in [5, 5.41) is 14.9. The molecule has 0 aliphatic heterocycles. The molecule has 0 radical (unpaired) electrons. The van der Waals surface area contributed by atoms with Gasteiger partial charge in [0.2, 0.25) is 0 Å². The van der Waals surface area contributed by atoms with Crippen LogP contribution in [-0.2, 0) is 0 Å². The molecule has 0 fully saturated rings. The molecule has 0 spiro atoms. The van der Waals surface area contributed by atoms with Gasteiger partial charge in [0, 0.05) is 82.9 Å². The molecule has 0 bridgehead atoms. The highest BCUT2D eigenvalue weighted by atomic mass is 15.1. The van der Waals surface area contributed by atoms with Gasteiger partial charge in [-0.25, -0.2) is 9.97 Å². The number of pyridine rings is 2. The molecule has 0 N–H and O–H groups in total. The second kappa shape index (κ2) is 17.8.